The van der Waals surface area contributed by atoms with E-state index in [0.717, 1.165) is 23.2 Å². The van der Waals surface area contributed by atoms with Gasteiger partial charge in [0.05, 0.1) is 10.5 Å². The van der Waals surface area contributed by atoms with E-state index in [2.05, 4.69) is 0 Å². The zero-order valence-electron chi connectivity index (χ0n) is 10.1. The molecule has 0 saturated heterocycles. The molecule has 0 aromatic heterocycles. The molecular weight excluding hydrogens is 256 g/mol. The number of hydrogen-bond donors (Lipinski definition) is 0. The SMILES string of the molecule is O=CC1=C([S])c2ccccc2OC1c1ccccc1. The number of ether oxygens (including phenoxy) is 1. The Morgan fingerprint density at radius 3 is 2.42 bits per heavy atom. The van der Waals surface area contributed by atoms with Crippen LogP contribution in [0.4, 0.5) is 0 Å². The van der Waals surface area contributed by atoms with Crippen LogP contribution in [0.5, 0.6) is 5.75 Å². The smallest absolute Gasteiger partial charge is 0.153 e. The summed E-state index contributed by atoms with van der Waals surface area (Å²) in [5.74, 6) is 0.729. The third-order valence-electron chi connectivity index (χ3n) is 3.15. The van der Waals surface area contributed by atoms with Crippen LogP contribution >= 0.6 is 12.6 Å². The Kier molecular flexibility index (Phi) is 3.05. The minimum Gasteiger partial charge on any atom is -0.480 e. The predicted molar refractivity (Wildman–Crippen MR) is 76.8 cm³/mol. The average Bonchev–Trinajstić information content (AvgIpc) is 2.48. The van der Waals surface area contributed by atoms with E-state index in [1.54, 1.807) is 0 Å². The van der Waals surface area contributed by atoms with Crippen LogP contribution < -0.4 is 4.74 Å². The van der Waals surface area contributed by atoms with E-state index in [0.29, 0.717) is 10.5 Å². The molecule has 2 nitrogen and oxygen atoms in total. The van der Waals surface area contributed by atoms with Gasteiger partial charge in [-0.3, -0.25) is 4.79 Å². The fraction of sp³-hybridized carbons (Fsp3) is 0.0625. The summed E-state index contributed by atoms with van der Waals surface area (Å²) in [5, 5.41) is 0. The molecule has 1 unspecified atom stereocenters. The van der Waals surface area contributed by atoms with Crippen molar-refractivity contribution in [3.05, 3.63) is 71.3 Å². The Balaban J connectivity index is 2.15. The maximum Gasteiger partial charge on any atom is 0.153 e. The van der Waals surface area contributed by atoms with Gasteiger partial charge in [-0.05, 0) is 17.7 Å². The highest BCUT2D eigenvalue weighted by Crippen LogP contribution is 2.42. The number of hydrogen-bond acceptors (Lipinski definition) is 2. The van der Waals surface area contributed by atoms with Gasteiger partial charge in [-0.15, -0.1) is 0 Å². The van der Waals surface area contributed by atoms with Crippen molar-refractivity contribution in [2.45, 2.75) is 6.10 Å². The minimum absolute atomic E-state index is 0.416. The van der Waals surface area contributed by atoms with E-state index in [9.17, 15) is 4.79 Å². The molecule has 0 spiro atoms. The summed E-state index contributed by atoms with van der Waals surface area (Å²) in [4.78, 5) is 11.9. The Morgan fingerprint density at radius 2 is 1.68 bits per heavy atom. The van der Waals surface area contributed by atoms with Crippen LogP contribution in [0.2, 0.25) is 0 Å². The van der Waals surface area contributed by atoms with Crippen LogP contribution in [0, 0.1) is 0 Å². The molecule has 2 aromatic carbocycles. The van der Waals surface area contributed by atoms with Gasteiger partial charge in [0.2, 0.25) is 0 Å². The molecule has 1 heterocycles. The number of aldehydes is 1. The molecule has 0 amide bonds. The van der Waals surface area contributed by atoms with E-state index < -0.39 is 6.10 Å². The van der Waals surface area contributed by atoms with Crippen molar-refractivity contribution in [1.29, 1.82) is 0 Å². The van der Waals surface area contributed by atoms with Crippen LogP contribution in [0.15, 0.2) is 60.2 Å². The maximum absolute atomic E-state index is 11.4. The summed E-state index contributed by atoms with van der Waals surface area (Å²) >= 11 is 5.41. The number of benzene rings is 2. The standard InChI is InChI=1S/C16H11O2S/c17-10-13-15(11-6-2-1-3-7-11)18-14-9-5-4-8-12(14)16(13)19/h1-10,15H. The Labute approximate surface area is 117 Å². The molecule has 3 heteroatoms. The fourth-order valence-electron chi connectivity index (χ4n) is 2.21. The third-order valence-corrected chi connectivity index (χ3v) is 3.61. The van der Waals surface area contributed by atoms with Gasteiger partial charge in [0.25, 0.3) is 0 Å². The first kappa shape index (κ1) is 11.9. The average molecular weight is 267 g/mol. The van der Waals surface area contributed by atoms with Gasteiger partial charge in [-0.25, -0.2) is 0 Å². The summed E-state index contributed by atoms with van der Waals surface area (Å²) in [7, 11) is 0. The van der Waals surface area contributed by atoms with Crippen LogP contribution in [0.25, 0.3) is 4.91 Å². The highest BCUT2D eigenvalue weighted by Gasteiger charge is 2.28. The lowest BCUT2D eigenvalue weighted by atomic mass is 9.97. The van der Waals surface area contributed by atoms with Gasteiger partial charge < -0.3 is 4.74 Å². The lowest BCUT2D eigenvalue weighted by Gasteiger charge is -2.27. The molecule has 1 atom stereocenters. The van der Waals surface area contributed by atoms with E-state index in [1.165, 1.54) is 0 Å². The normalized spacial score (nSPS) is 17.6. The second kappa shape index (κ2) is 4.86. The summed E-state index contributed by atoms with van der Waals surface area (Å²) in [6.07, 6.45) is 0.386. The van der Waals surface area contributed by atoms with Crippen molar-refractivity contribution in [2.75, 3.05) is 0 Å². The fourth-order valence-corrected chi connectivity index (χ4v) is 2.54. The summed E-state index contributed by atoms with van der Waals surface area (Å²) < 4.78 is 5.94. The molecule has 93 valence electrons. The highest BCUT2D eigenvalue weighted by molar-refractivity contribution is 7.90. The largest absolute Gasteiger partial charge is 0.480 e. The Morgan fingerprint density at radius 1 is 1.00 bits per heavy atom. The molecule has 3 rings (SSSR count). The summed E-state index contributed by atoms with van der Waals surface area (Å²) in [6, 6.07) is 17.2. The van der Waals surface area contributed by atoms with Crippen LogP contribution in [-0.4, -0.2) is 6.29 Å². The lowest BCUT2D eigenvalue weighted by molar-refractivity contribution is -0.105. The van der Waals surface area contributed by atoms with E-state index in [-0.39, 0.29) is 0 Å². The zero-order chi connectivity index (χ0) is 13.2. The third kappa shape index (κ3) is 2.02. The van der Waals surface area contributed by atoms with Crippen LogP contribution in [-0.2, 0) is 4.79 Å². The molecule has 0 fully saturated rings. The predicted octanol–water partition coefficient (Wildman–Crippen LogP) is 3.93. The number of carbonyl (C=O) groups is 1. The van der Waals surface area contributed by atoms with Gasteiger partial charge >= 0.3 is 0 Å². The van der Waals surface area contributed by atoms with Gasteiger partial charge in [0.15, 0.2) is 12.4 Å². The van der Waals surface area contributed by atoms with Crippen molar-refractivity contribution in [1.82, 2.24) is 0 Å². The van der Waals surface area contributed by atoms with Crippen molar-refractivity contribution >= 4 is 23.8 Å². The Bertz CT molecular complexity index is 647. The number of fused-ring (bicyclic) bond motifs is 1. The first-order valence-corrected chi connectivity index (χ1v) is 6.39. The summed E-state index contributed by atoms with van der Waals surface area (Å²) in [6.45, 7) is 0. The number of para-hydroxylation sites is 1. The van der Waals surface area contributed by atoms with Gasteiger partial charge in [0, 0.05) is 5.56 Å². The van der Waals surface area contributed by atoms with E-state index >= 15 is 0 Å². The molecular formula is C16H11O2S. The minimum atomic E-state index is -0.416. The summed E-state index contributed by atoms with van der Waals surface area (Å²) in [5.41, 5.74) is 2.26. The topological polar surface area (TPSA) is 26.3 Å². The molecule has 2 aromatic rings. The number of rotatable bonds is 2. The van der Waals surface area contributed by atoms with Crippen molar-refractivity contribution < 1.29 is 9.53 Å². The second-order valence-electron chi connectivity index (χ2n) is 4.31. The molecule has 1 radical (unpaired) electrons. The van der Waals surface area contributed by atoms with Gasteiger partial charge in [-0.1, -0.05) is 55.1 Å². The highest BCUT2D eigenvalue weighted by atomic mass is 32.1. The molecule has 0 saturated carbocycles. The molecule has 0 N–H and O–H groups in total. The molecule has 0 aliphatic carbocycles. The Hall–Kier alpha value is -2.13. The van der Waals surface area contributed by atoms with Crippen LogP contribution in [0.1, 0.15) is 17.2 Å². The first-order chi connectivity index (χ1) is 9.31. The lowest BCUT2D eigenvalue weighted by Crippen LogP contribution is -2.17. The molecule has 0 bridgehead atoms. The number of carbonyl (C=O) groups excluding carboxylic acids is 1. The van der Waals surface area contributed by atoms with Crippen molar-refractivity contribution in [2.24, 2.45) is 0 Å². The second-order valence-corrected chi connectivity index (χ2v) is 4.72. The van der Waals surface area contributed by atoms with Crippen LogP contribution in [0.3, 0.4) is 0 Å². The van der Waals surface area contributed by atoms with Crippen molar-refractivity contribution in [3.63, 3.8) is 0 Å². The van der Waals surface area contributed by atoms with Gasteiger partial charge in [-0.2, -0.15) is 0 Å². The zero-order valence-corrected chi connectivity index (χ0v) is 10.9. The molecule has 19 heavy (non-hydrogen) atoms. The quantitative estimate of drug-likeness (QED) is 0.771. The molecule has 1 aliphatic heterocycles. The molecule has 1 aliphatic rings. The van der Waals surface area contributed by atoms with E-state index in [4.69, 9.17) is 17.4 Å². The monoisotopic (exact) mass is 267 g/mol. The first-order valence-electron chi connectivity index (χ1n) is 5.98. The van der Waals surface area contributed by atoms with Gasteiger partial charge in [0.1, 0.15) is 5.75 Å². The van der Waals surface area contributed by atoms with Crippen molar-refractivity contribution in [3.8, 4) is 5.75 Å². The van der Waals surface area contributed by atoms with E-state index in [1.807, 2.05) is 54.6 Å². The maximum atomic E-state index is 11.4.